The van der Waals surface area contributed by atoms with Crippen LogP contribution in [0.1, 0.15) is 27.2 Å². The maximum absolute atomic E-state index is 12.3. The van der Waals surface area contributed by atoms with Gasteiger partial charge in [-0.3, -0.25) is 0 Å². The molecule has 0 bridgehead atoms. The fraction of sp³-hybridized carbons (Fsp3) is 0.500. The summed E-state index contributed by atoms with van der Waals surface area (Å²) in [6.07, 6.45) is 0.853. The van der Waals surface area contributed by atoms with Gasteiger partial charge in [-0.25, -0.2) is 13.2 Å². The van der Waals surface area contributed by atoms with E-state index >= 15 is 0 Å². The molecule has 0 fully saturated rings. The lowest BCUT2D eigenvalue weighted by Crippen LogP contribution is -2.33. The van der Waals surface area contributed by atoms with Crippen molar-refractivity contribution in [2.45, 2.75) is 38.1 Å². The summed E-state index contributed by atoms with van der Waals surface area (Å²) in [6.45, 7) is 6.18. The van der Waals surface area contributed by atoms with Crippen molar-refractivity contribution in [3.05, 3.63) is 24.3 Å². The van der Waals surface area contributed by atoms with Gasteiger partial charge in [-0.05, 0) is 44.5 Å². The monoisotopic (exact) mass is 313 g/mol. The van der Waals surface area contributed by atoms with Crippen molar-refractivity contribution in [1.29, 1.82) is 0 Å². The topological polar surface area (TPSA) is 78.5 Å². The number of carbonyl (C=O) groups is 1. The Balaban J connectivity index is 2.81. The molecule has 118 valence electrons. The number of rotatable bonds is 6. The minimum absolute atomic E-state index is 0.118. The number of nitrogens with one attached hydrogen (secondary N) is 2. The number of sulfonamides is 1. The summed E-state index contributed by atoms with van der Waals surface area (Å²) in [4.78, 5) is 11.7. The average molecular weight is 313 g/mol. The molecule has 0 aliphatic heterocycles. The van der Waals surface area contributed by atoms with Crippen molar-refractivity contribution in [1.82, 2.24) is 9.62 Å². The van der Waals surface area contributed by atoms with Crippen LogP contribution >= 0.6 is 0 Å². The van der Waals surface area contributed by atoms with E-state index in [1.54, 1.807) is 19.2 Å². The number of hydrogen-bond donors (Lipinski definition) is 2. The lowest BCUT2D eigenvalue weighted by molar-refractivity contribution is 0.252. The van der Waals surface area contributed by atoms with Crippen LogP contribution in [0.2, 0.25) is 0 Å². The largest absolute Gasteiger partial charge is 0.338 e. The van der Waals surface area contributed by atoms with Gasteiger partial charge in [-0.1, -0.05) is 6.92 Å². The number of urea groups is 1. The third-order valence-corrected chi connectivity index (χ3v) is 5.10. The Labute approximate surface area is 126 Å². The molecule has 0 aliphatic carbocycles. The first-order valence-electron chi connectivity index (χ1n) is 6.92. The molecule has 1 rings (SSSR count). The van der Waals surface area contributed by atoms with Gasteiger partial charge in [0.1, 0.15) is 0 Å². The minimum atomic E-state index is -3.49. The first-order valence-corrected chi connectivity index (χ1v) is 8.36. The summed E-state index contributed by atoms with van der Waals surface area (Å²) in [5.41, 5.74) is 0.551. The molecule has 2 N–H and O–H groups in total. The standard InChI is InChI=1S/C14H23N3O3S/c1-5-10-15-14(18)16-12-6-8-13(9-7-12)21(19,20)17(4)11(2)3/h6-9,11H,5,10H2,1-4H3,(H2,15,16,18). The Morgan fingerprint density at radius 2 is 1.81 bits per heavy atom. The van der Waals surface area contributed by atoms with Crippen LogP contribution in [0, 0.1) is 0 Å². The highest BCUT2D eigenvalue weighted by Crippen LogP contribution is 2.18. The van der Waals surface area contributed by atoms with E-state index in [0.29, 0.717) is 12.2 Å². The predicted molar refractivity (Wildman–Crippen MR) is 83.8 cm³/mol. The molecule has 1 aromatic rings. The molecule has 1 aromatic carbocycles. The molecule has 0 spiro atoms. The molecule has 7 heteroatoms. The van der Waals surface area contributed by atoms with Crippen molar-refractivity contribution in [3.8, 4) is 0 Å². The summed E-state index contributed by atoms with van der Waals surface area (Å²) in [5, 5.41) is 5.33. The fourth-order valence-electron chi connectivity index (χ4n) is 1.57. The zero-order chi connectivity index (χ0) is 16.0. The second kappa shape index (κ2) is 7.42. The van der Waals surface area contributed by atoms with E-state index in [-0.39, 0.29) is 17.0 Å². The first kappa shape index (κ1) is 17.5. The molecule has 0 heterocycles. The second-order valence-corrected chi connectivity index (χ2v) is 7.02. The Bertz CT molecular complexity index is 568. The number of nitrogens with zero attached hydrogens (tertiary/aromatic N) is 1. The maximum atomic E-state index is 12.3. The van der Waals surface area contributed by atoms with E-state index in [4.69, 9.17) is 0 Å². The van der Waals surface area contributed by atoms with E-state index < -0.39 is 10.0 Å². The van der Waals surface area contributed by atoms with Crippen LogP contribution in [0.3, 0.4) is 0 Å². The van der Waals surface area contributed by atoms with Gasteiger partial charge in [0.2, 0.25) is 10.0 Å². The Hall–Kier alpha value is -1.60. The Morgan fingerprint density at radius 1 is 1.24 bits per heavy atom. The number of anilines is 1. The van der Waals surface area contributed by atoms with Crippen molar-refractivity contribution in [2.75, 3.05) is 18.9 Å². The van der Waals surface area contributed by atoms with Crippen LogP contribution in [0.15, 0.2) is 29.2 Å². The second-order valence-electron chi connectivity index (χ2n) is 5.02. The summed E-state index contributed by atoms with van der Waals surface area (Å²) < 4.78 is 25.9. The summed E-state index contributed by atoms with van der Waals surface area (Å²) in [6, 6.07) is 5.71. The smallest absolute Gasteiger partial charge is 0.319 e. The number of amides is 2. The zero-order valence-corrected chi connectivity index (χ0v) is 13.7. The van der Waals surface area contributed by atoms with Crippen molar-refractivity contribution in [3.63, 3.8) is 0 Å². The minimum Gasteiger partial charge on any atom is -0.338 e. The highest BCUT2D eigenvalue weighted by molar-refractivity contribution is 7.89. The van der Waals surface area contributed by atoms with Crippen molar-refractivity contribution in [2.24, 2.45) is 0 Å². The molecule has 6 nitrogen and oxygen atoms in total. The molecule has 0 aliphatic rings. The molecular weight excluding hydrogens is 290 g/mol. The van der Waals surface area contributed by atoms with Gasteiger partial charge in [0, 0.05) is 25.3 Å². The number of carbonyl (C=O) groups excluding carboxylic acids is 1. The Kier molecular flexibility index (Phi) is 6.17. The van der Waals surface area contributed by atoms with Crippen molar-refractivity contribution >= 4 is 21.7 Å². The molecule has 0 unspecified atom stereocenters. The maximum Gasteiger partial charge on any atom is 0.319 e. The van der Waals surface area contributed by atoms with Gasteiger partial charge in [0.25, 0.3) is 0 Å². The van der Waals surface area contributed by atoms with E-state index in [1.165, 1.54) is 16.4 Å². The van der Waals surface area contributed by atoms with Gasteiger partial charge < -0.3 is 10.6 Å². The average Bonchev–Trinajstić information content (AvgIpc) is 2.44. The zero-order valence-electron chi connectivity index (χ0n) is 12.9. The first-order chi connectivity index (χ1) is 9.78. The SMILES string of the molecule is CCCNC(=O)Nc1ccc(S(=O)(=O)N(C)C(C)C)cc1. The van der Waals surface area contributed by atoms with E-state index in [2.05, 4.69) is 10.6 Å². The summed E-state index contributed by atoms with van der Waals surface area (Å²) in [7, 11) is -1.95. The highest BCUT2D eigenvalue weighted by atomic mass is 32.2. The van der Waals surface area contributed by atoms with E-state index in [0.717, 1.165) is 6.42 Å². The molecule has 0 aromatic heterocycles. The quantitative estimate of drug-likeness (QED) is 0.845. The van der Waals surface area contributed by atoms with Gasteiger partial charge >= 0.3 is 6.03 Å². The van der Waals surface area contributed by atoms with E-state index in [1.807, 2.05) is 20.8 Å². The predicted octanol–water partition coefficient (Wildman–Crippen LogP) is 2.25. The molecule has 0 saturated carbocycles. The van der Waals surface area contributed by atoms with Crippen LogP contribution < -0.4 is 10.6 Å². The van der Waals surface area contributed by atoms with Gasteiger partial charge in [-0.15, -0.1) is 0 Å². The van der Waals surface area contributed by atoms with Crippen LogP contribution in [-0.2, 0) is 10.0 Å². The third-order valence-electron chi connectivity index (χ3n) is 3.05. The number of benzene rings is 1. The van der Waals surface area contributed by atoms with Crippen LogP contribution in [0.4, 0.5) is 10.5 Å². The molecule has 0 atom stereocenters. The lowest BCUT2D eigenvalue weighted by atomic mass is 10.3. The molecule has 0 radical (unpaired) electrons. The van der Waals surface area contributed by atoms with Gasteiger partial charge in [0.15, 0.2) is 0 Å². The Morgan fingerprint density at radius 3 is 2.29 bits per heavy atom. The van der Waals surface area contributed by atoms with Crippen LogP contribution in [-0.4, -0.2) is 38.4 Å². The molecule has 21 heavy (non-hydrogen) atoms. The van der Waals surface area contributed by atoms with Gasteiger partial charge in [0.05, 0.1) is 4.90 Å². The highest BCUT2D eigenvalue weighted by Gasteiger charge is 2.22. The third kappa shape index (κ3) is 4.71. The fourth-order valence-corrected chi connectivity index (χ4v) is 2.94. The van der Waals surface area contributed by atoms with Gasteiger partial charge in [-0.2, -0.15) is 4.31 Å². The molecule has 0 saturated heterocycles. The van der Waals surface area contributed by atoms with E-state index in [9.17, 15) is 13.2 Å². The molecular formula is C14H23N3O3S. The normalized spacial score (nSPS) is 11.7. The lowest BCUT2D eigenvalue weighted by Gasteiger charge is -2.21. The number of hydrogen-bond acceptors (Lipinski definition) is 3. The van der Waals surface area contributed by atoms with Crippen LogP contribution in [0.25, 0.3) is 0 Å². The summed E-state index contributed by atoms with van der Waals surface area (Å²) in [5.74, 6) is 0. The molecule has 2 amide bonds. The van der Waals surface area contributed by atoms with Crippen LogP contribution in [0.5, 0.6) is 0 Å². The van der Waals surface area contributed by atoms with Crippen molar-refractivity contribution < 1.29 is 13.2 Å². The summed E-state index contributed by atoms with van der Waals surface area (Å²) >= 11 is 0.